The van der Waals surface area contributed by atoms with Gasteiger partial charge in [0.05, 0.1) is 4.90 Å². The first-order valence-corrected chi connectivity index (χ1v) is 10.1. The van der Waals surface area contributed by atoms with Gasteiger partial charge >= 0.3 is 0 Å². The van der Waals surface area contributed by atoms with Gasteiger partial charge in [0.1, 0.15) is 0 Å². The van der Waals surface area contributed by atoms with Crippen molar-refractivity contribution in [3.05, 3.63) is 29.3 Å². The van der Waals surface area contributed by atoms with Gasteiger partial charge < -0.3 is 0 Å². The molecular formula is C18H26O3S. The van der Waals surface area contributed by atoms with Crippen LogP contribution in [0.25, 0.3) is 0 Å². The van der Waals surface area contributed by atoms with Crippen LogP contribution in [0.3, 0.4) is 0 Å². The quantitative estimate of drug-likeness (QED) is 0.794. The van der Waals surface area contributed by atoms with Gasteiger partial charge in [-0.1, -0.05) is 50.7 Å². The largest absolute Gasteiger partial charge is 0.294 e. The second-order valence-corrected chi connectivity index (χ2v) is 8.33. The molecular weight excluding hydrogens is 296 g/mol. The second kappa shape index (κ2) is 6.71. The van der Waals surface area contributed by atoms with E-state index in [1.807, 2.05) is 6.07 Å². The van der Waals surface area contributed by atoms with Crippen molar-refractivity contribution in [3.63, 3.8) is 0 Å². The Labute approximate surface area is 133 Å². The molecule has 0 unspecified atom stereocenters. The Balaban J connectivity index is 1.96. The first kappa shape index (κ1) is 16.0. The highest BCUT2D eigenvalue weighted by molar-refractivity contribution is 7.85. The van der Waals surface area contributed by atoms with Gasteiger partial charge in [-0.05, 0) is 54.7 Å². The Bertz CT molecular complexity index is 609. The summed E-state index contributed by atoms with van der Waals surface area (Å²) in [5.74, 6) is 0.737. The molecule has 2 aliphatic carbocycles. The maximum atomic E-state index is 11.9. The molecule has 0 atom stereocenters. The van der Waals surface area contributed by atoms with Crippen molar-refractivity contribution in [1.29, 1.82) is 0 Å². The minimum atomic E-state index is -4.14. The summed E-state index contributed by atoms with van der Waals surface area (Å²) in [6, 6.07) is 5.84. The van der Waals surface area contributed by atoms with Crippen LogP contribution in [-0.2, 0) is 10.1 Å². The van der Waals surface area contributed by atoms with Crippen LogP contribution in [-0.4, -0.2) is 13.0 Å². The van der Waals surface area contributed by atoms with Crippen molar-refractivity contribution >= 4 is 10.1 Å². The molecule has 1 N–H and O–H groups in total. The van der Waals surface area contributed by atoms with Crippen molar-refractivity contribution in [1.82, 2.24) is 0 Å². The van der Waals surface area contributed by atoms with Crippen molar-refractivity contribution in [2.24, 2.45) is 0 Å². The summed E-state index contributed by atoms with van der Waals surface area (Å²) in [5, 5.41) is 0. The lowest BCUT2D eigenvalue weighted by Gasteiger charge is -2.26. The van der Waals surface area contributed by atoms with Crippen LogP contribution in [0.1, 0.15) is 87.2 Å². The van der Waals surface area contributed by atoms with E-state index < -0.39 is 10.1 Å². The van der Waals surface area contributed by atoms with Crippen LogP contribution >= 0.6 is 0 Å². The molecule has 0 aromatic heterocycles. The standard InChI is InChI=1S/C18H26O3S/c19-22(20,21)18-13-16(14-7-3-1-4-8-14)11-12-17(18)15-9-5-2-6-10-15/h11-15H,1-10H2,(H,19,20,21). The van der Waals surface area contributed by atoms with E-state index in [0.717, 1.165) is 49.7 Å². The first-order chi connectivity index (χ1) is 10.6. The van der Waals surface area contributed by atoms with E-state index in [1.54, 1.807) is 6.07 Å². The lowest BCUT2D eigenvalue weighted by atomic mass is 9.81. The monoisotopic (exact) mass is 322 g/mol. The van der Waals surface area contributed by atoms with Crippen LogP contribution < -0.4 is 0 Å². The van der Waals surface area contributed by atoms with Crippen molar-refractivity contribution in [2.45, 2.75) is 80.9 Å². The molecule has 4 heteroatoms. The third-order valence-corrected chi connectivity index (χ3v) is 6.35. The topological polar surface area (TPSA) is 54.4 Å². The molecule has 0 saturated heterocycles. The minimum absolute atomic E-state index is 0.169. The molecule has 22 heavy (non-hydrogen) atoms. The zero-order valence-corrected chi connectivity index (χ0v) is 13.9. The Morgan fingerprint density at radius 3 is 1.91 bits per heavy atom. The maximum Gasteiger partial charge on any atom is 0.294 e. The summed E-state index contributed by atoms with van der Waals surface area (Å²) in [5.41, 5.74) is 1.92. The second-order valence-electron chi connectivity index (χ2n) is 6.94. The third-order valence-electron chi connectivity index (χ3n) is 5.44. The van der Waals surface area contributed by atoms with Crippen LogP contribution in [0.15, 0.2) is 23.1 Å². The molecule has 2 fully saturated rings. The van der Waals surface area contributed by atoms with Gasteiger partial charge in [-0.3, -0.25) is 4.55 Å². The van der Waals surface area contributed by atoms with Crippen molar-refractivity contribution < 1.29 is 13.0 Å². The van der Waals surface area contributed by atoms with Gasteiger partial charge in [0.2, 0.25) is 0 Å². The lowest BCUT2D eigenvalue weighted by Crippen LogP contribution is -2.12. The zero-order valence-electron chi connectivity index (χ0n) is 13.1. The Morgan fingerprint density at radius 1 is 0.818 bits per heavy atom. The van der Waals surface area contributed by atoms with Crippen molar-refractivity contribution in [3.8, 4) is 0 Å². The van der Waals surface area contributed by atoms with E-state index in [4.69, 9.17) is 0 Å². The van der Waals surface area contributed by atoms with Gasteiger partial charge in [0, 0.05) is 0 Å². The van der Waals surface area contributed by atoms with E-state index >= 15 is 0 Å². The third kappa shape index (κ3) is 3.54. The smallest absolute Gasteiger partial charge is 0.282 e. The summed E-state index contributed by atoms with van der Waals surface area (Å²) in [6.07, 6.45) is 11.6. The van der Waals surface area contributed by atoms with Crippen molar-refractivity contribution in [2.75, 3.05) is 0 Å². The molecule has 0 aliphatic heterocycles. The molecule has 0 bridgehead atoms. The highest BCUT2D eigenvalue weighted by Gasteiger charge is 2.25. The van der Waals surface area contributed by atoms with Gasteiger partial charge in [-0.25, -0.2) is 0 Å². The maximum absolute atomic E-state index is 11.9. The number of hydrogen-bond donors (Lipinski definition) is 1. The minimum Gasteiger partial charge on any atom is -0.282 e. The molecule has 3 rings (SSSR count). The van der Waals surface area contributed by atoms with Gasteiger partial charge in [-0.2, -0.15) is 8.42 Å². The molecule has 0 heterocycles. The fourth-order valence-corrected chi connectivity index (χ4v) is 5.03. The van der Waals surface area contributed by atoms with Crippen LogP contribution in [0, 0.1) is 0 Å². The van der Waals surface area contributed by atoms with Crippen LogP contribution in [0.2, 0.25) is 0 Å². The van der Waals surface area contributed by atoms with E-state index in [2.05, 4.69) is 6.07 Å². The fraction of sp³-hybridized carbons (Fsp3) is 0.667. The Hall–Kier alpha value is -0.870. The number of hydrogen-bond acceptors (Lipinski definition) is 2. The van der Waals surface area contributed by atoms with E-state index in [0.29, 0.717) is 5.92 Å². The summed E-state index contributed by atoms with van der Waals surface area (Å²) >= 11 is 0. The molecule has 0 amide bonds. The van der Waals surface area contributed by atoms with E-state index in [9.17, 15) is 13.0 Å². The first-order valence-electron chi connectivity index (χ1n) is 8.67. The molecule has 2 saturated carbocycles. The lowest BCUT2D eigenvalue weighted by molar-refractivity contribution is 0.430. The molecule has 0 radical (unpaired) electrons. The average molecular weight is 322 g/mol. The Kier molecular flexibility index (Phi) is 4.88. The van der Waals surface area contributed by atoms with Gasteiger partial charge in [-0.15, -0.1) is 0 Å². The van der Waals surface area contributed by atoms with Crippen LogP contribution in [0.5, 0.6) is 0 Å². The van der Waals surface area contributed by atoms with Crippen LogP contribution in [0.4, 0.5) is 0 Å². The summed E-state index contributed by atoms with van der Waals surface area (Å²) in [6.45, 7) is 0. The predicted molar refractivity (Wildman–Crippen MR) is 87.9 cm³/mol. The Morgan fingerprint density at radius 2 is 1.36 bits per heavy atom. The average Bonchev–Trinajstić information content (AvgIpc) is 2.55. The molecule has 1 aromatic carbocycles. The van der Waals surface area contributed by atoms with E-state index in [1.165, 1.54) is 25.7 Å². The predicted octanol–water partition coefficient (Wildman–Crippen LogP) is 5.03. The molecule has 2 aliphatic rings. The number of benzene rings is 1. The zero-order chi connectivity index (χ0) is 15.6. The SMILES string of the molecule is O=S(=O)(O)c1cc(C2CCCCC2)ccc1C1CCCCC1. The van der Waals surface area contributed by atoms with Gasteiger partial charge in [0.15, 0.2) is 0 Å². The summed E-state index contributed by atoms with van der Waals surface area (Å²) in [7, 11) is -4.14. The molecule has 3 nitrogen and oxygen atoms in total. The van der Waals surface area contributed by atoms with E-state index in [-0.39, 0.29) is 10.8 Å². The molecule has 0 spiro atoms. The highest BCUT2D eigenvalue weighted by atomic mass is 32.2. The van der Waals surface area contributed by atoms with Gasteiger partial charge in [0.25, 0.3) is 10.1 Å². The fourth-order valence-electron chi connectivity index (χ4n) is 4.22. The summed E-state index contributed by atoms with van der Waals surface area (Å²) in [4.78, 5) is 0.169. The molecule has 122 valence electrons. The highest BCUT2D eigenvalue weighted by Crippen LogP contribution is 2.39. The summed E-state index contributed by atoms with van der Waals surface area (Å²) < 4.78 is 33.5. The molecule has 1 aromatic rings. The normalized spacial score (nSPS) is 21.9. The number of rotatable bonds is 3.